The Morgan fingerprint density at radius 1 is 1.08 bits per heavy atom. The molecule has 0 radical (unpaired) electrons. The van der Waals surface area contributed by atoms with Gasteiger partial charge in [0.25, 0.3) is 0 Å². The molecule has 0 bridgehead atoms. The molecule has 0 spiro atoms. The van der Waals surface area contributed by atoms with E-state index in [0.717, 1.165) is 49.6 Å². The van der Waals surface area contributed by atoms with Gasteiger partial charge in [-0.15, -0.1) is 0 Å². The number of rotatable bonds is 9. The van der Waals surface area contributed by atoms with Gasteiger partial charge in [0.2, 0.25) is 0 Å². The molecule has 0 amide bonds. The van der Waals surface area contributed by atoms with Crippen molar-refractivity contribution in [2.45, 2.75) is 26.2 Å². The lowest BCUT2D eigenvalue weighted by Gasteiger charge is -2.12. The second-order valence-corrected chi connectivity index (χ2v) is 6.08. The molecule has 134 valence electrons. The Bertz CT molecular complexity index is 659. The minimum Gasteiger partial charge on any atom is -0.497 e. The fraction of sp³-hybridized carbons (Fsp3) is 0.350. The standard InChI is InChI=1S/C20H26N2O2S/c1-3-15-24-19-9-5-4-7-16(19)8-6-14-21-20(25)22-17-10-12-18(23-2)13-11-17/h4-5,7,9-13H,3,6,8,14-15H2,1-2H3,(H2,21,22,25). The number of hydrogen-bond donors (Lipinski definition) is 2. The smallest absolute Gasteiger partial charge is 0.170 e. The highest BCUT2D eigenvalue weighted by atomic mass is 32.1. The predicted octanol–water partition coefficient (Wildman–Crippen LogP) is 4.40. The van der Waals surface area contributed by atoms with Gasteiger partial charge in [0, 0.05) is 12.2 Å². The molecule has 0 unspecified atom stereocenters. The highest BCUT2D eigenvalue weighted by molar-refractivity contribution is 7.80. The summed E-state index contributed by atoms with van der Waals surface area (Å²) in [5, 5.41) is 7.04. The molecule has 0 aromatic heterocycles. The minimum atomic E-state index is 0.626. The first-order chi connectivity index (χ1) is 12.2. The van der Waals surface area contributed by atoms with Crippen LogP contribution in [-0.2, 0) is 6.42 Å². The van der Waals surface area contributed by atoms with Gasteiger partial charge in [-0.05, 0) is 67.4 Å². The summed E-state index contributed by atoms with van der Waals surface area (Å²) in [6.45, 7) is 3.68. The summed E-state index contributed by atoms with van der Waals surface area (Å²) in [6.07, 6.45) is 2.95. The maximum atomic E-state index is 5.79. The molecule has 0 aliphatic carbocycles. The summed E-state index contributed by atoms with van der Waals surface area (Å²) in [6, 6.07) is 15.9. The van der Waals surface area contributed by atoms with E-state index in [4.69, 9.17) is 21.7 Å². The molecule has 2 rings (SSSR count). The van der Waals surface area contributed by atoms with E-state index in [1.807, 2.05) is 36.4 Å². The van der Waals surface area contributed by atoms with Gasteiger partial charge in [0.05, 0.1) is 13.7 Å². The summed E-state index contributed by atoms with van der Waals surface area (Å²) < 4.78 is 10.9. The highest BCUT2D eigenvalue weighted by Gasteiger charge is 2.03. The Balaban J connectivity index is 1.72. The van der Waals surface area contributed by atoms with Gasteiger partial charge in [-0.3, -0.25) is 0 Å². The Morgan fingerprint density at radius 3 is 2.56 bits per heavy atom. The van der Waals surface area contributed by atoms with Gasteiger partial charge >= 0.3 is 0 Å². The van der Waals surface area contributed by atoms with Gasteiger partial charge in [-0.25, -0.2) is 0 Å². The van der Waals surface area contributed by atoms with Gasteiger partial charge in [-0.2, -0.15) is 0 Å². The van der Waals surface area contributed by atoms with Crippen molar-refractivity contribution >= 4 is 23.0 Å². The van der Waals surface area contributed by atoms with Crippen LogP contribution in [0.25, 0.3) is 0 Å². The predicted molar refractivity (Wildman–Crippen MR) is 108 cm³/mol. The van der Waals surface area contributed by atoms with Crippen LogP contribution in [0, 0.1) is 0 Å². The summed E-state index contributed by atoms with van der Waals surface area (Å²) in [4.78, 5) is 0. The van der Waals surface area contributed by atoms with Crippen LogP contribution < -0.4 is 20.1 Å². The van der Waals surface area contributed by atoms with Crippen molar-refractivity contribution in [3.8, 4) is 11.5 Å². The van der Waals surface area contributed by atoms with Crippen molar-refractivity contribution in [1.29, 1.82) is 0 Å². The van der Waals surface area contributed by atoms with Gasteiger partial charge in [0.1, 0.15) is 11.5 Å². The lowest BCUT2D eigenvalue weighted by atomic mass is 10.1. The molecule has 0 saturated heterocycles. The maximum Gasteiger partial charge on any atom is 0.170 e. The quantitative estimate of drug-likeness (QED) is 0.514. The van der Waals surface area contributed by atoms with E-state index >= 15 is 0 Å². The van der Waals surface area contributed by atoms with Crippen LogP contribution in [0.15, 0.2) is 48.5 Å². The van der Waals surface area contributed by atoms with E-state index < -0.39 is 0 Å². The lowest BCUT2D eigenvalue weighted by Crippen LogP contribution is -2.29. The van der Waals surface area contributed by atoms with Crippen LogP contribution in [0.5, 0.6) is 11.5 Å². The Morgan fingerprint density at radius 2 is 1.84 bits per heavy atom. The van der Waals surface area contributed by atoms with E-state index in [-0.39, 0.29) is 0 Å². The first-order valence-corrected chi connectivity index (χ1v) is 9.03. The number of anilines is 1. The first-order valence-electron chi connectivity index (χ1n) is 8.62. The van der Waals surface area contributed by atoms with Crippen molar-refractivity contribution in [2.75, 3.05) is 25.6 Å². The molecule has 0 aliphatic heterocycles. The molecular formula is C20H26N2O2S. The van der Waals surface area contributed by atoms with E-state index in [9.17, 15) is 0 Å². The van der Waals surface area contributed by atoms with Crippen LogP contribution in [0.4, 0.5) is 5.69 Å². The molecule has 2 aromatic rings. The highest BCUT2D eigenvalue weighted by Crippen LogP contribution is 2.19. The number of benzene rings is 2. The molecule has 0 fully saturated rings. The number of aryl methyl sites for hydroxylation is 1. The van der Waals surface area contributed by atoms with Crippen LogP contribution in [-0.4, -0.2) is 25.4 Å². The minimum absolute atomic E-state index is 0.626. The zero-order valence-electron chi connectivity index (χ0n) is 14.9. The zero-order chi connectivity index (χ0) is 17.9. The first kappa shape index (κ1) is 19.1. The normalized spacial score (nSPS) is 10.2. The molecule has 0 heterocycles. The van der Waals surface area contributed by atoms with Crippen LogP contribution in [0.2, 0.25) is 0 Å². The number of methoxy groups -OCH3 is 1. The fourth-order valence-electron chi connectivity index (χ4n) is 2.39. The molecule has 0 saturated carbocycles. The summed E-state index contributed by atoms with van der Waals surface area (Å²) in [5.41, 5.74) is 2.18. The van der Waals surface area contributed by atoms with Gasteiger partial charge in [0.15, 0.2) is 5.11 Å². The summed E-state index contributed by atoms with van der Waals surface area (Å²) in [7, 11) is 1.65. The van der Waals surface area contributed by atoms with E-state index in [0.29, 0.717) is 5.11 Å². The third kappa shape index (κ3) is 6.63. The molecular weight excluding hydrogens is 332 g/mol. The maximum absolute atomic E-state index is 5.79. The SMILES string of the molecule is CCCOc1ccccc1CCCNC(=S)Nc1ccc(OC)cc1. The third-order valence-electron chi connectivity index (χ3n) is 3.69. The van der Waals surface area contributed by atoms with Crippen molar-refractivity contribution in [1.82, 2.24) is 5.32 Å². The van der Waals surface area contributed by atoms with Crippen LogP contribution in [0.1, 0.15) is 25.3 Å². The van der Waals surface area contributed by atoms with E-state index in [1.165, 1.54) is 5.56 Å². The number of para-hydroxylation sites is 1. The Kier molecular flexibility index (Phi) is 8.05. The average Bonchev–Trinajstić information content (AvgIpc) is 2.65. The largest absolute Gasteiger partial charge is 0.497 e. The Labute approximate surface area is 155 Å². The molecule has 2 aromatic carbocycles. The van der Waals surface area contributed by atoms with Crippen molar-refractivity contribution < 1.29 is 9.47 Å². The summed E-state index contributed by atoms with van der Waals surface area (Å²) >= 11 is 5.33. The van der Waals surface area contributed by atoms with E-state index in [2.05, 4.69) is 29.7 Å². The Hall–Kier alpha value is -2.27. The second kappa shape index (κ2) is 10.6. The third-order valence-corrected chi connectivity index (χ3v) is 3.94. The van der Waals surface area contributed by atoms with Crippen molar-refractivity contribution in [3.05, 3.63) is 54.1 Å². The van der Waals surface area contributed by atoms with Crippen LogP contribution in [0.3, 0.4) is 0 Å². The number of hydrogen-bond acceptors (Lipinski definition) is 3. The molecule has 4 nitrogen and oxygen atoms in total. The molecule has 25 heavy (non-hydrogen) atoms. The molecule has 5 heteroatoms. The van der Waals surface area contributed by atoms with Gasteiger partial charge < -0.3 is 20.1 Å². The van der Waals surface area contributed by atoms with Crippen molar-refractivity contribution in [2.24, 2.45) is 0 Å². The molecule has 0 aliphatic rings. The lowest BCUT2D eigenvalue weighted by molar-refractivity contribution is 0.314. The van der Waals surface area contributed by atoms with Crippen molar-refractivity contribution in [3.63, 3.8) is 0 Å². The van der Waals surface area contributed by atoms with Crippen LogP contribution >= 0.6 is 12.2 Å². The summed E-state index contributed by atoms with van der Waals surface area (Å²) in [5.74, 6) is 1.82. The zero-order valence-corrected chi connectivity index (χ0v) is 15.7. The number of thiocarbonyl (C=S) groups is 1. The van der Waals surface area contributed by atoms with Gasteiger partial charge in [-0.1, -0.05) is 25.1 Å². The average molecular weight is 359 g/mol. The monoisotopic (exact) mass is 358 g/mol. The topological polar surface area (TPSA) is 42.5 Å². The molecule has 0 atom stereocenters. The number of nitrogens with one attached hydrogen (secondary N) is 2. The second-order valence-electron chi connectivity index (χ2n) is 5.67. The molecule has 2 N–H and O–H groups in total. The van der Waals surface area contributed by atoms with E-state index in [1.54, 1.807) is 7.11 Å². The number of ether oxygens (including phenoxy) is 2. The fourth-order valence-corrected chi connectivity index (χ4v) is 2.61.